The molecule has 4 heteroatoms. The zero-order valence-electron chi connectivity index (χ0n) is 8.57. The van der Waals surface area contributed by atoms with E-state index in [1.165, 1.54) is 7.11 Å². The second kappa shape index (κ2) is 5.17. The second-order valence-corrected chi connectivity index (χ2v) is 2.97. The fourth-order valence-corrected chi connectivity index (χ4v) is 1.16. The van der Waals surface area contributed by atoms with Gasteiger partial charge in [0.15, 0.2) is 0 Å². The largest absolute Gasteiger partial charge is 0.465 e. The Bertz CT molecular complexity index is 386. The maximum Gasteiger partial charge on any atom is 0.337 e. The lowest BCUT2D eigenvalue weighted by Crippen LogP contribution is -2.02. The van der Waals surface area contributed by atoms with Crippen molar-refractivity contribution >= 4 is 17.7 Å². The van der Waals surface area contributed by atoms with Crippen LogP contribution < -0.4 is 11.5 Å². The van der Waals surface area contributed by atoms with Gasteiger partial charge in [0.05, 0.1) is 12.7 Å². The summed E-state index contributed by atoms with van der Waals surface area (Å²) in [6.07, 6.45) is 3.55. The van der Waals surface area contributed by atoms with Gasteiger partial charge in [-0.05, 0) is 23.8 Å². The molecule has 0 bridgehead atoms. The Morgan fingerprint density at radius 2 is 2.27 bits per heavy atom. The van der Waals surface area contributed by atoms with E-state index in [4.69, 9.17) is 11.5 Å². The fourth-order valence-electron chi connectivity index (χ4n) is 1.16. The Balaban J connectivity index is 3.05. The van der Waals surface area contributed by atoms with Crippen LogP contribution in [-0.2, 0) is 4.74 Å². The van der Waals surface area contributed by atoms with E-state index < -0.39 is 0 Å². The third-order valence-electron chi connectivity index (χ3n) is 1.94. The van der Waals surface area contributed by atoms with Crippen LogP contribution in [0.5, 0.6) is 0 Å². The molecule has 0 amide bonds. The molecule has 0 radical (unpaired) electrons. The van der Waals surface area contributed by atoms with Crippen molar-refractivity contribution < 1.29 is 9.53 Å². The average Bonchev–Trinajstić information content (AvgIpc) is 2.27. The van der Waals surface area contributed by atoms with E-state index in [-0.39, 0.29) is 5.97 Å². The SMILES string of the molecule is COC(=O)c1ccc(N)c(C=CCN)c1. The number of hydrogen-bond acceptors (Lipinski definition) is 4. The predicted octanol–water partition coefficient (Wildman–Crippen LogP) is 1.03. The van der Waals surface area contributed by atoms with Gasteiger partial charge in [-0.3, -0.25) is 0 Å². The summed E-state index contributed by atoms with van der Waals surface area (Å²) >= 11 is 0. The van der Waals surface area contributed by atoms with Crippen LogP contribution in [0, 0.1) is 0 Å². The van der Waals surface area contributed by atoms with E-state index in [1.54, 1.807) is 30.4 Å². The summed E-state index contributed by atoms with van der Waals surface area (Å²) in [6.45, 7) is 0.432. The van der Waals surface area contributed by atoms with Crippen molar-refractivity contribution in [3.05, 3.63) is 35.4 Å². The Morgan fingerprint density at radius 1 is 1.53 bits per heavy atom. The molecular weight excluding hydrogens is 192 g/mol. The first-order valence-corrected chi connectivity index (χ1v) is 4.53. The van der Waals surface area contributed by atoms with Crippen molar-refractivity contribution in [1.29, 1.82) is 0 Å². The molecule has 0 aliphatic carbocycles. The summed E-state index contributed by atoms with van der Waals surface area (Å²) in [5.74, 6) is -0.377. The molecule has 0 heterocycles. The molecule has 0 aliphatic heterocycles. The predicted molar refractivity (Wildman–Crippen MR) is 60.3 cm³/mol. The van der Waals surface area contributed by atoms with Crippen LogP contribution >= 0.6 is 0 Å². The van der Waals surface area contributed by atoms with Gasteiger partial charge in [-0.1, -0.05) is 12.2 Å². The maximum absolute atomic E-state index is 11.2. The van der Waals surface area contributed by atoms with Crippen molar-refractivity contribution in [2.45, 2.75) is 0 Å². The van der Waals surface area contributed by atoms with E-state index >= 15 is 0 Å². The number of esters is 1. The van der Waals surface area contributed by atoms with Gasteiger partial charge in [0.2, 0.25) is 0 Å². The van der Waals surface area contributed by atoms with E-state index in [2.05, 4.69) is 4.74 Å². The first-order chi connectivity index (χ1) is 7.19. The molecule has 1 aromatic carbocycles. The van der Waals surface area contributed by atoms with Gasteiger partial charge in [-0.25, -0.2) is 4.79 Å². The van der Waals surface area contributed by atoms with Crippen molar-refractivity contribution in [3.8, 4) is 0 Å². The number of nitrogen functional groups attached to an aromatic ring is 1. The van der Waals surface area contributed by atoms with Crippen molar-refractivity contribution in [2.75, 3.05) is 19.4 Å². The highest BCUT2D eigenvalue weighted by Crippen LogP contribution is 2.16. The van der Waals surface area contributed by atoms with E-state index in [9.17, 15) is 4.79 Å². The molecule has 0 spiro atoms. The highest BCUT2D eigenvalue weighted by molar-refractivity contribution is 5.91. The minimum Gasteiger partial charge on any atom is -0.465 e. The summed E-state index contributed by atoms with van der Waals surface area (Å²) < 4.78 is 4.61. The Labute approximate surface area is 88.5 Å². The molecule has 0 aliphatic rings. The quantitative estimate of drug-likeness (QED) is 0.572. The molecule has 80 valence electrons. The molecule has 0 saturated carbocycles. The number of carbonyl (C=O) groups is 1. The molecule has 0 aromatic heterocycles. The summed E-state index contributed by atoms with van der Waals surface area (Å²) in [6, 6.07) is 4.97. The van der Waals surface area contributed by atoms with Crippen LogP contribution in [0.4, 0.5) is 5.69 Å². The summed E-state index contributed by atoms with van der Waals surface area (Å²) in [7, 11) is 1.34. The van der Waals surface area contributed by atoms with Crippen molar-refractivity contribution in [1.82, 2.24) is 0 Å². The van der Waals surface area contributed by atoms with E-state index in [0.29, 0.717) is 17.8 Å². The summed E-state index contributed by atoms with van der Waals surface area (Å²) in [4.78, 5) is 11.2. The van der Waals surface area contributed by atoms with Gasteiger partial charge in [-0.2, -0.15) is 0 Å². The lowest BCUT2D eigenvalue weighted by molar-refractivity contribution is 0.0601. The number of anilines is 1. The minimum atomic E-state index is -0.377. The molecule has 0 atom stereocenters. The molecule has 4 nitrogen and oxygen atoms in total. The minimum absolute atomic E-state index is 0.377. The highest BCUT2D eigenvalue weighted by Gasteiger charge is 2.06. The third kappa shape index (κ3) is 2.82. The standard InChI is InChI=1S/C11H14N2O2/c1-15-11(14)9-4-5-10(13)8(7-9)3-2-6-12/h2-5,7H,6,12-13H2,1H3. The van der Waals surface area contributed by atoms with Crippen LogP contribution in [0.15, 0.2) is 24.3 Å². The molecule has 0 fully saturated rings. The normalized spacial score (nSPS) is 10.5. The second-order valence-electron chi connectivity index (χ2n) is 2.97. The number of methoxy groups -OCH3 is 1. The van der Waals surface area contributed by atoms with E-state index in [0.717, 1.165) is 5.56 Å². The number of rotatable bonds is 3. The first kappa shape index (κ1) is 11.3. The molecule has 0 unspecified atom stereocenters. The van der Waals surface area contributed by atoms with Gasteiger partial charge in [0.1, 0.15) is 0 Å². The fraction of sp³-hybridized carbons (Fsp3) is 0.182. The van der Waals surface area contributed by atoms with Gasteiger partial charge < -0.3 is 16.2 Å². The van der Waals surface area contributed by atoms with Crippen LogP contribution in [0.25, 0.3) is 6.08 Å². The van der Waals surface area contributed by atoms with Crippen LogP contribution in [0.1, 0.15) is 15.9 Å². The van der Waals surface area contributed by atoms with Crippen LogP contribution in [-0.4, -0.2) is 19.6 Å². The smallest absolute Gasteiger partial charge is 0.337 e. The first-order valence-electron chi connectivity index (χ1n) is 4.53. The molecule has 15 heavy (non-hydrogen) atoms. The van der Waals surface area contributed by atoms with Gasteiger partial charge in [0.25, 0.3) is 0 Å². The average molecular weight is 206 g/mol. The Hall–Kier alpha value is -1.81. The van der Waals surface area contributed by atoms with E-state index in [1.807, 2.05) is 0 Å². The number of carbonyl (C=O) groups excluding carboxylic acids is 1. The maximum atomic E-state index is 11.2. The molecule has 0 saturated heterocycles. The number of hydrogen-bond donors (Lipinski definition) is 2. The zero-order chi connectivity index (χ0) is 11.3. The molecule has 1 rings (SSSR count). The third-order valence-corrected chi connectivity index (χ3v) is 1.94. The van der Waals surface area contributed by atoms with Gasteiger partial charge in [0, 0.05) is 12.2 Å². The number of benzene rings is 1. The summed E-state index contributed by atoms with van der Waals surface area (Å²) in [5, 5.41) is 0. The van der Waals surface area contributed by atoms with Crippen LogP contribution in [0.2, 0.25) is 0 Å². The number of nitrogens with two attached hydrogens (primary N) is 2. The van der Waals surface area contributed by atoms with Crippen molar-refractivity contribution in [2.24, 2.45) is 5.73 Å². The Morgan fingerprint density at radius 3 is 2.87 bits per heavy atom. The lowest BCUT2D eigenvalue weighted by atomic mass is 10.1. The molecular formula is C11H14N2O2. The number of ether oxygens (including phenoxy) is 1. The van der Waals surface area contributed by atoms with Crippen LogP contribution in [0.3, 0.4) is 0 Å². The van der Waals surface area contributed by atoms with Gasteiger partial charge >= 0.3 is 5.97 Å². The van der Waals surface area contributed by atoms with Crippen molar-refractivity contribution in [3.63, 3.8) is 0 Å². The molecule has 1 aromatic rings. The Kier molecular flexibility index (Phi) is 3.88. The lowest BCUT2D eigenvalue weighted by Gasteiger charge is -2.03. The highest BCUT2D eigenvalue weighted by atomic mass is 16.5. The zero-order valence-corrected chi connectivity index (χ0v) is 8.57. The summed E-state index contributed by atoms with van der Waals surface area (Å²) in [5.41, 5.74) is 12.9. The topological polar surface area (TPSA) is 78.3 Å². The molecule has 4 N–H and O–H groups in total. The monoisotopic (exact) mass is 206 g/mol. The van der Waals surface area contributed by atoms with Gasteiger partial charge in [-0.15, -0.1) is 0 Å².